The maximum atomic E-state index is 12.1. The Labute approximate surface area is 112 Å². The number of nitrogens with one attached hydrogen (secondary N) is 1. The number of halogens is 2. The molecular formula is C14H21F2NO2. The van der Waals surface area contributed by atoms with E-state index in [1.165, 1.54) is 6.07 Å². The van der Waals surface area contributed by atoms with Gasteiger partial charge < -0.3 is 15.2 Å². The maximum absolute atomic E-state index is 12.1. The predicted molar refractivity (Wildman–Crippen MR) is 70.4 cm³/mol. The lowest BCUT2D eigenvalue weighted by molar-refractivity contribution is -0.0499. The van der Waals surface area contributed by atoms with E-state index < -0.39 is 6.61 Å². The van der Waals surface area contributed by atoms with Crippen molar-refractivity contribution in [3.05, 3.63) is 29.8 Å². The normalized spacial score (nSPS) is 14.4. The lowest BCUT2D eigenvalue weighted by Gasteiger charge is -2.18. The monoisotopic (exact) mass is 273 g/mol. The van der Waals surface area contributed by atoms with Gasteiger partial charge in [0.05, 0.1) is 0 Å². The van der Waals surface area contributed by atoms with Crippen LogP contribution in [0, 0.1) is 5.92 Å². The zero-order valence-corrected chi connectivity index (χ0v) is 11.3. The van der Waals surface area contributed by atoms with E-state index >= 15 is 0 Å². The smallest absolute Gasteiger partial charge is 0.387 e. The SMILES string of the molecule is CC(CCO)CNC(C)c1cccc(OC(F)F)c1. The van der Waals surface area contributed by atoms with Gasteiger partial charge in [-0.1, -0.05) is 19.1 Å². The summed E-state index contributed by atoms with van der Waals surface area (Å²) in [4.78, 5) is 0. The molecule has 5 heteroatoms. The van der Waals surface area contributed by atoms with Crippen molar-refractivity contribution in [1.29, 1.82) is 0 Å². The molecule has 1 aromatic rings. The number of rotatable bonds is 8. The largest absolute Gasteiger partial charge is 0.435 e. The molecule has 2 atom stereocenters. The molecule has 0 bridgehead atoms. The molecule has 0 aliphatic carbocycles. The van der Waals surface area contributed by atoms with Crippen LogP contribution in [0.25, 0.3) is 0 Å². The number of aliphatic hydroxyl groups excluding tert-OH is 1. The van der Waals surface area contributed by atoms with Crippen molar-refractivity contribution in [2.75, 3.05) is 13.2 Å². The average molecular weight is 273 g/mol. The zero-order chi connectivity index (χ0) is 14.3. The highest BCUT2D eigenvalue weighted by atomic mass is 19.3. The van der Waals surface area contributed by atoms with Gasteiger partial charge in [0.15, 0.2) is 0 Å². The predicted octanol–water partition coefficient (Wildman–Crippen LogP) is 2.96. The molecule has 1 rings (SSSR count). The van der Waals surface area contributed by atoms with Crippen LogP contribution in [0.5, 0.6) is 5.75 Å². The Kier molecular flexibility index (Phi) is 6.73. The van der Waals surface area contributed by atoms with Crippen LogP contribution in [0.3, 0.4) is 0 Å². The summed E-state index contributed by atoms with van der Waals surface area (Å²) in [5.41, 5.74) is 0.898. The zero-order valence-electron chi connectivity index (χ0n) is 11.3. The first-order valence-electron chi connectivity index (χ1n) is 6.42. The molecule has 2 unspecified atom stereocenters. The quantitative estimate of drug-likeness (QED) is 0.765. The molecule has 3 nitrogen and oxygen atoms in total. The maximum Gasteiger partial charge on any atom is 0.387 e. The molecule has 0 radical (unpaired) electrons. The summed E-state index contributed by atoms with van der Waals surface area (Å²) >= 11 is 0. The summed E-state index contributed by atoms with van der Waals surface area (Å²) in [6, 6.07) is 6.73. The molecule has 0 saturated carbocycles. The molecule has 2 N–H and O–H groups in total. The lowest BCUT2D eigenvalue weighted by atomic mass is 10.1. The van der Waals surface area contributed by atoms with Gasteiger partial charge in [0, 0.05) is 12.6 Å². The number of hydrogen-bond acceptors (Lipinski definition) is 3. The highest BCUT2D eigenvalue weighted by Crippen LogP contribution is 2.20. The minimum absolute atomic E-state index is 0.0439. The van der Waals surface area contributed by atoms with E-state index in [1.54, 1.807) is 12.1 Å². The first-order valence-corrected chi connectivity index (χ1v) is 6.42. The van der Waals surface area contributed by atoms with Crippen LogP contribution in [-0.4, -0.2) is 24.9 Å². The van der Waals surface area contributed by atoms with Gasteiger partial charge >= 0.3 is 6.61 Å². The molecule has 108 valence electrons. The molecule has 1 aromatic carbocycles. The Morgan fingerprint density at radius 1 is 1.32 bits per heavy atom. The lowest BCUT2D eigenvalue weighted by Crippen LogP contribution is -2.25. The number of alkyl halides is 2. The van der Waals surface area contributed by atoms with Crippen molar-refractivity contribution in [3.8, 4) is 5.75 Å². The molecule has 0 aliphatic heterocycles. The number of ether oxygens (including phenoxy) is 1. The average Bonchev–Trinajstić information content (AvgIpc) is 2.36. The standard InChI is InChI=1S/C14H21F2NO2/c1-10(6-7-18)9-17-11(2)12-4-3-5-13(8-12)19-14(15)16/h3-5,8,10-11,14,17-18H,6-7,9H2,1-2H3. The summed E-state index contributed by atoms with van der Waals surface area (Å²) in [6.45, 7) is 2.15. The van der Waals surface area contributed by atoms with Gasteiger partial charge in [0.2, 0.25) is 0 Å². The minimum Gasteiger partial charge on any atom is -0.435 e. The summed E-state index contributed by atoms with van der Waals surface area (Å²) in [5, 5.41) is 12.1. The third-order valence-corrected chi connectivity index (χ3v) is 2.98. The Morgan fingerprint density at radius 2 is 2.05 bits per heavy atom. The first-order chi connectivity index (χ1) is 9.02. The molecule has 0 spiro atoms. The highest BCUT2D eigenvalue weighted by molar-refractivity contribution is 5.30. The fraction of sp³-hybridized carbons (Fsp3) is 0.571. The number of benzene rings is 1. The van der Waals surface area contributed by atoms with Crippen molar-refractivity contribution < 1.29 is 18.6 Å². The molecule has 0 heterocycles. The van der Waals surface area contributed by atoms with Gasteiger partial charge in [-0.05, 0) is 43.5 Å². The van der Waals surface area contributed by atoms with E-state index in [2.05, 4.69) is 10.1 Å². The Hall–Kier alpha value is -1.20. The summed E-state index contributed by atoms with van der Waals surface area (Å²) in [5.74, 6) is 0.539. The molecule has 0 amide bonds. The molecule has 0 aliphatic rings. The van der Waals surface area contributed by atoms with Crippen molar-refractivity contribution >= 4 is 0 Å². The van der Waals surface area contributed by atoms with E-state index in [9.17, 15) is 8.78 Å². The second-order valence-electron chi connectivity index (χ2n) is 4.70. The molecular weight excluding hydrogens is 252 g/mol. The van der Waals surface area contributed by atoms with Crippen LogP contribution >= 0.6 is 0 Å². The summed E-state index contributed by atoms with van der Waals surface area (Å²) < 4.78 is 28.6. The van der Waals surface area contributed by atoms with Crippen LogP contribution in [0.4, 0.5) is 8.78 Å². The Balaban J connectivity index is 2.54. The number of aliphatic hydroxyl groups is 1. The highest BCUT2D eigenvalue weighted by Gasteiger charge is 2.10. The first kappa shape index (κ1) is 15.9. The molecule has 0 fully saturated rings. The van der Waals surface area contributed by atoms with Gasteiger partial charge in [-0.25, -0.2) is 0 Å². The minimum atomic E-state index is -2.80. The van der Waals surface area contributed by atoms with Crippen LogP contribution in [0.2, 0.25) is 0 Å². The van der Waals surface area contributed by atoms with E-state index in [0.717, 1.165) is 18.5 Å². The molecule has 0 saturated heterocycles. The van der Waals surface area contributed by atoms with Gasteiger partial charge in [-0.15, -0.1) is 0 Å². The van der Waals surface area contributed by atoms with Crippen molar-refractivity contribution in [2.45, 2.75) is 32.9 Å². The van der Waals surface area contributed by atoms with Crippen molar-refractivity contribution in [3.63, 3.8) is 0 Å². The fourth-order valence-corrected chi connectivity index (χ4v) is 1.78. The topological polar surface area (TPSA) is 41.5 Å². The Bertz CT molecular complexity index is 374. The van der Waals surface area contributed by atoms with Crippen molar-refractivity contribution in [2.24, 2.45) is 5.92 Å². The number of hydrogen-bond donors (Lipinski definition) is 2. The molecule has 19 heavy (non-hydrogen) atoms. The van der Waals surface area contributed by atoms with E-state index in [-0.39, 0.29) is 18.4 Å². The van der Waals surface area contributed by atoms with Crippen LogP contribution in [0.15, 0.2) is 24.3 Å². The van der Waals surface area contributed by atoms with Gasteiger partial charge in [0.1, 0.15) is 5.75 Å². The van der Waals surface area contributed by atoms with E-state index in [0.29, 0.717) is 5.92 Å². The third kappa shape index (κ3) is 5.98. The fourth-order valence-electron chi connectivity index (χ4n) is 1.78. The van der Waals surface area contributed by atoms with E-state index in [4.69, 9.17) is 5.11 Å². The van der Waals surface area contributed by atoms with Crippen LogP contribution in [-0.2, 0) is 0 Å². The van der Waals surface area contributed by atoms with Gasteiger partial charge in [-0.3, -0.25) is 0 Å². The van der Waals surface area contributed by atoms with Crippen molar-refractivity contribution in [1.82, 2.24) is 5.32 Å². The van der Waals surface area contributed by atoms with Crippen LogP contribution in [0.1, 0.15) is 31.9 Å². The Morgan fingerprint density at radius 3 is 2.68 bits per heavy atom. The summed E-state index contributed by atoms with van der Waals surface area (Å²) in [7, 11) is 0. The summed E-state index contributed by atoms with van der Waals surface area (Å²) in [6.07, 6.45) is 0.744. The van der Waals surface area contributed by atoms with E-state index in [1.807, 2.05) is 19.9 Å². The third-order valence-electron chi connectivity index (χ3n) is 2.98. The second-order valence-corrected chi connectivity index (χ2v) is 4.70. The second kappa shape index (κ2) is 8.07. The van der Waals surface area contributed by atoms with Gasteiger partial charge in [-0.2, -0.15) is 8.78 Å². The van der Waals surface area contributed by atoms with Crippen LogP contribution < -0.4 is 10.1 Å². The molecule has 0 aromatic heterocycles. The van der Waals surface area contributed by atoms with Gasteiger partial charge in [0.25, 0.3) is 0 Å².